The van der Waals surface area contributed by atoms with E-state index >= 15 is 0 Å². The minimum absolute atomic E-state index is 0.0128. The lowest BCUT2D eigenvalue weighted by atomic mass is 10.0. The average molecular weight is 391 g/mol. The van der Waals surface area contributed by atoms with E-state index in [1.807, 2.05) is 13.8 Å². The van der Waals surface area contributed by atoms with Gasteiger partial charge in [0.2, 0.25) is 0 Å². The largest absolute Gasteiger partial charge is 0.509 e. The Hall–Kier alpha value is -2.35. The molecule has 2 heterocycles. The summed E-state index contributed by atoms with van der Waals surface area (Å²) in [5, 5.41) is 13.7. The van der Waals surface area contributed by atoms with Crippen LogP contribution in [0.2, 0.25) is 0 Å². The minimum atomic E-state index is -3.94. The monoisotopic (exact) mass is 391 g/mol. The average Bonchev–Trinajstić information content (AvgIpc) is 2.85. The molecule has 8 heteroatoms. The van der Waals surface area contributed by atoms with Crippen molar-refractivity contribution in [1.82, 2.24) is 4.90 Å². The molecule has 2 N–H and O–H groups in total. The van der Waals surface area contributed by atoms with Crippen LogP contribution in [0.3, 0.4) is 0 Å². The number of amidine groups is 1. The zero-order valence-electron chi connectivity index (χ0n) is 15.8. The molecule has 0 aromatic heterocycles. The van der Waals surface area contributed by atoms with E-state index in [4.69, 9.17) is 0 Å². The second-order valence-corrected chi connectivity index (χ2v) is 8.76. The highest BCUT2D eigenvalue weighted by atomic mass is 32.2. The molecule has 27 heavy (non-hydrogen) atoms. The van der Waals surface area contributed by atoms with Gasteiger partial charge >= 0.3 is 0 Å². The van der Waals surface area contributed by atoms with Gasteiger partial charge in [0.05, 0.1) is 11.7 Å². The van der Waals surface area contributed by atoms with Gasteiger partial charge in [-0.15, -0.1) is 4.40 Å². The number of hydrogen-bond acceptors (Lipinski definition) is 5. The highest BCUT2D eigenvalue weighted by molar-refractivity contribution is 7.90. The molecule has 0 bridgehead atoms. The van der Waals surface area contributed by atoms with Crippen LogP contribution in [0.25, 0.3) is 0 Å². The molecule has 1 atom stereocenters. The third kappa shape index (κ3) is 3.45. The summed E-state index contributed by atoms with van der Waals surface area (Å²) >= 11 is 0. The highest BCUT2D eigenvalue weighted by Gasteiger charge is 2.44. The number of nitrogens with zero attached hydrogens (tertiary/aromatic N) is 2. The molecule has 0 aliphatic carbocycles. The van der Waals surface area contributed by atoms with Crippen molar-refractivity contribution in [3.05, 3.63) is 35.6 Å². The van der Waals surface area contributed by atoms with Gasteiger partial charge in [-0.2, -0.15) is 8.42 Å². The number of para-hydroxylation sites is 1. The molecule has 1 unspecified atom stereocenters. The van der Waals surface area contributed by atoms with Crippen molar-refractivity contribution >= 4 is 27.5 Å². The standard InChI is InChI=1S/C19H25N3O4S/c1-4-5-8-11-22-16(12(2)3)17(23)15(19(22)24)18-20-13-9-6-7-10-14(13)27(25,26)21-18/h6-7,9-10,12,16,23H,4-5,8,11H2,1-3H3,(H,20,21). The predicted molar refractivity (Wildman–Crippen MR) is 104 cm³/mol. The summed E-state index contributed by atoms with van der Waals surface area (Å²) in [4.78, 5) is 14.7. The number of anilines is 1. The lowest BCUT2D eigenvalue weighted by molar-refractivity contribution is -0.127. The van der Waals surface area contributed by atoms with Crippen molar-refractivity contribution in [3.8, 4) is 0 Å². The molecular weight excluding hydrogens is 366 g/mol. The van der Waals surface area contributed by atoms with Crippen LogP contribution in [-0.4, -0.2) is 42.8 Å². The van der Waals surface area contributed by atoms with Crippen LogP contribution in [0, 0.1) is 5.92 Å². The summed E-state index contributed by atoms with van der Waals surface area (Å²) in [6.45, 7) is 6.44. The predicted octanol–water partition coefficient (Wildman–Crippen LogP) is 3.07. The Morgan fingerprint density at radius 1 is 1.26 bits per heavy atom. The quantitative estimate of drug-likeness (QED) is 0.726. The first kappa shape index (κ1) is 19.4. The molecule has 2 aliphatic heterocycles. The summed E-state index contributed by atoms with van der Waals surface area (Å²) in [7, 11) is -3.94. The van der Waals surface area contributed by atoms with Crippen molar-refractivity contribution in [2.45, 2.75) is 51.0 Å². The summed E-state index contributed by atoms with van der Waals surface area (Å²) in [6.07, 6.45) is 2.82. The molecule has 0 spiro atoms. The van der Waals surface area contributed by atoms with Crippen LogP contribution in [0.15, 0.2) is 44.9 Å². The number of nitrogens with one attached hydrogen (secondary N) is 1. The Kier molecular flexibility index (Phi) is 5.28. The number of amides is 1. The van der Waals surface area contributed by atoms with Crippen molar-refractivity contribution in [1.29, 1.82) is 0 Å². The maximum absolute atomic E-state index is 13.0. The van der Waals surface area contributed by atoms with Gasteiger partial charge in [-0.05, 0) is 24.5 Å². The van der Waals surface area contributed by atoms with Crippen LogP contribution in [0.5, 0.6) is 0 Å². The van der Waals surface area contributed by atoms with E-state index in [0.29, 0.717) is 12.2 Å². The van der Waals surface area contributed by atoms with Gasteiger partial charge < -0.3 is 15.3 Å². The second kappa shape index (κ2) is 7.34. The first-order valence-electron chi connectivity index (χ1n) is 9.23. The lowest BCUT2D eigenvalue weighted by Gasteiger charge is -2.28. The Labute approximate surface area is 159 Å². The molecule has 1 amide bonds. The van der Waals surface area contributed by atoms with Crippen LogP contribution < -0.4 is 5.32 Å². The molecule has 2 aliphatic rings. The van der Waals surface area contributed by atoms with E-state index in [1.54, 1.807) is 23.1 Å². The summed E-state index contributed by atoms with van der Waals surface area (Å²) in [5.74, 6) is -0.628. The zero-order chi connectivity index (χ0) is 19.8. The zero-order valence-corrected chi connectivity index (χ0v) is 16.6. The number of benzene rings is 1. The summed E-state index contributed by atoms with van der Waals surface area (Å²) < 4.78 is 28.8. The Bertz CT molecular complexity index is 919. The number of sulfonamides is 1. The Morgan fingerprint density at radius 2 is 1.96 bits per heavy atom. The number of fused-ring (bicyclic) bond motifs is 1. The van der Waals surface area contributed by atoms with E-state index < -0.39 is 16.1 Å². The van der Waals surface area contributed by atoms with E-state index in [9.17, 15) is 18.3 Å². The summed E-state index contributed by atoms with van der Waals surface area (Å²) in [5.41, 5.74) is 0.296. The molecule has 146 valence electrons. The minimum Gasteiger partial charge on any atom is -0.509 e. The van der Waals surface area contributed by atoms with Crippen LogP contribution in [-0.2, 0) is 14.8 Å². The normalized spacial score (nSPS) is 21.3. The maximum Gasteiger partial charge on any atom is 0.286 e. The third-order valence-corrected chi connectivity index (χ3v) is 6.18. The van der Waals surface area contributed by atoms with Crippen molar-refractivity contribution < 1.29 is 18.3 Å². The van der Waals surface area contributed by atoms with Gasteiger partial charge in [0.25, 0.3) is 15.9 Å². The van der Waals surface area contributed by atoms with E-state index in [1.165, 1.54) is 6.07 Å². The molecule has 0 saturated carbocycles. The number of carbonyl (C=O) groups is 1. The smallest absolute Gasteiger partial charge is 0.286 e. The molecule has 0 saturated heterocycles. The molecule has 7 nitrogen and oxygen atoms in total. The molecule has 0 radical (unpaired) electrons. The Morgan fingerprint density at radius 3 is 2.63 bits per heavy atom. The molecule has 1 aromatic carbocycles. The number of carbonyl (C=O) groups excluding carboxylic acids is 1. The van der Waals surface area contributed by atoms with Gasteiger partial charge in [0.1, 0.15) is 16.2 Å². The van der Waals surface area contributed by atoms with Crippen LogP contribution >= 0.6 is 0 Å². The molecular formula is C19H25N3O4S. The van der Waals surface area contributed by atoms with Gasteiger partial charge in [0.15, 0.2) is 5.84 Å². The van der Waals surface area contributed by atoms with Gasteiger partial charge in [-0.25, -0.2) is 0 Å². The van der Waals surface area contributed by atoms with Crippen molar-refractivity contribution in [3.63, 3.8) is 0 Å². The maximum atomic E-state index is 13.0. The number of rotatable bonds is 6. The van der Waals surface area contributed by atoms with Crippen molar-refractivity contribution in [2.75, 3.05) is 11.9 Å². The Balaban J connectivity index is 2.01. The second-order valence-electron chi connectivity index (χ2n) is 7.19. The first-order chi connectivity index (χ1) is 12.8. The molecule has 1 aromatic rings. The van der Waals surface area contributed by atoms with E-state index in [2.05, 4.69) is 16.6 Å². The van der Waals surface area contributed by atoms with Crippen molar-refractivity contribution in [2.24, 2.45) is 10.3 Å². The topological polar surface area (TPSA) is 99.1 Å². The van der Waals surface area contributed by atoms with Crippen LogP contribution in [0.4, 0.5) is 5.69 Å². The molecule has 3 rings (SSSR count). The number of unbranched alkanes of at least 4 members (excludes halogenated alkanes) is 2. The number of aliphatic hydroxyl groups excluding tert-OH is 1. The number of aliphatic hydroxyl groups is 1. The highest BCUT2D eigenvalue weighted by Crippen LogP contribution is 2.34. The van der Waals surface area contributed by atoms with Gasteiger partial charge in [-0.3, -0.25) is 4.79 Å². The van der Waals surface area contributed by atoms with E-state index in [0.717, 1.165) is 19.3 Å². The summed E-state index contributed by atoms with van der Waals surface area (Å²) in [6, 6.07) is 5.89. The fourth-order valence-corrected chi connectivity index (χ4v) is 4.69. The van der Waals surface area contributed by atoms with Gasteiger partial charge in [0, 0.05) is 6.54 Å². The fourth-order valence-electron chi connectivity index (χ4n) is 3.57. The van der Waals surface area contributed by atoms with Crippen LogP contribution in [0.1, 0.15) is 40.0 Å². The SMILES string of the molecule is CCCCCN1C(=O)C(C2=NS(=O)(=O)c3ccccc3N2)=C(O)C1C(C)C. The molecule has 0 fully saturated rings. The van der Waals surface area contributed by atoms with Gasteiger partial charge in [-0.1, -0.05) is 45.7 Å². The lowest BCUT2D eigenvalue weighted by Crippen LogP contribution is -2.40. The first-order valence-corrected chi connectivity index (χ1v) is 10.7. The third-order valence-electron chi connectivity index (χ3n) is 4.85. The fraction of sp³-hybridized carbons (Fsp3) is 0.474. The van der Waals surface area contributed by atoms with E-state index in [-0.39, 0.29) is 33.9 Å². The number of hydrogen-bond donors (Lipinski definition) is 2.